The third kappa shape index (κ3) is 3.85. The first-order valence-corrected chi connectivity index (χ1v) is 9.87. The number of hydrogen-bond acceptors (Lipinski definition) is 5. The third-order valence-electron chi connectivity index (χ3n) is 4.84. The predicted molar refractivity (Wildman–Crippen MR) is 101 cm³/mol. The highest BCUT2D eigenvalue weighted by Crippen LogP contribution is 2.29. The van der Waals surface area contributed by atoms with Crippen LogP contribution in [0, 0.1) is 0 Å². The number of rotatable bonds is 5. The van der Waals surface area contributed by atoms with Gasteiger partial charge in [0.25, 0.3) is 0 Å². The van der Waals surface area contributed by atoms with Crippen molar-refractivity contribution in [2.75, 3.05) is 13.1 Å². The zero-order valence-corrected chi connectivity index (χ0v) is 15.3. The number of likely N-dealkylation sites (tertiary alicyclic amines) is 1. The Morgan fingerprint density at radius 1 is 1.15 bits per heavy atom. The van der Waals surface area contributed by atoms with E-state index < -0.39 is 0 Å². The van der Waals surface area contributed by atoms with Crippen molar-refractivity contribution < 1.29 is 9.32 Å². The van der Waals surface area contributed by atoms with Gasteiger partial charge in [0.2, 0.25) is 17.6 Å². The maximum Gasteiger partial charge on any atom is 0.230 e. The minimum atomic E-state index is 0.237. The second-order valence-corrected chi connectivity index (χ2v) is 7.59. The van der Waals surface area contributed by atoms with Gasteiger partial charge in [-0.3, -0.25) is 4.79 Å². The number of nitrogens with zero attached hydrogens (tertiary/aromatic N) is 3. The highest BCUT2D eigenvalue weighted by atomic mass is 32.1. The first kappa shape index (κ1) is 17.0. The van der Waals surface area contributed by atoms with Gasteiger partial charge in [-0.15, -0.1) is 11.3 Å². The second kappa shape index (κ2) is 7.83. The van der Waals surface area contributed by atoms with Crippen LogP contribution in [0.25, 0.3) is 11.4 Å². The van der Waals surface area contributed by atoms with Crippen molar-refractivity contribution >= 4 is 17.2 Å². The lowest BCUT2D eigenvalue weighted by atomic mass is 9.96. The summed E-state index contributed by atoms with van der Waals surface area (Å²) in [5.41, 5.74) is 0.962. The predicted octanol–water partition coefficient (Wildman–Crippen LogP) is 4.14. The molecule has 4 rings (SSSR count). The fourth-order valence-electron chi connectivity index (χ4n) is 3.32. The molecule has 0 saturated carbocycles. The van der Waals surface area contributed by atoms with Gasteiger partial charge in [0.1, 0.15) is 0 Å². The topological polar surface area (TPSA) is 59.2 Å². The fraction of sp³-hybridized carbons (Fsp3) is 0.350. The minimum absolute atomic E-state index is 0.237. The SMILES string of the molecule is O=C(CCc1cccs1)N1CCC(c2nc(-c3ccccc3)no2)CC1. The van der Waals surface area contributed by atoms with Crippen LogP contribution in [0.2, 0.25) is 0 Å². The number of hydrogen-bond donors (Lipinski definition) is 0. The molecule has 1 aliphatic rings. The van der Waals surface area contributed by atoms with Crippen molar-refractivity contribution in [3.8, 4) is 11.4 Å². The summed E-state index contributed by atoms with van der Waals surface area (Å²) in [6.07, 6.45) is 3.17. The number of aromatic nitrogens is 2. The van der Waals surface area contributed by atoms with E-state index in [1.54, 1.807) is 11.3 Å². The molecule has 3 aromatic rings. The summed E-state index contributed by atoms with van der Waals surface area (Å²) in [4.78, 5) is 20.2. The lowest BCUT2D eigenvalue weighted by molar-refractivity contribution is -0.132. The monoisotopic (exact) mass is 367 g/mol. The maximum absolute atomic E-state index is 12.4. The Hall–Kier alpha value is -2.47. The molecule has 0 atom stereocenters. The van der Waals surface area contributed by atoms with E-state index in [0.717, 1.165) is 37.9 Å². The van der Waals surface area contributed by atoms with Crippen molar-refractivity contribution in [3.05, 3.63) is 58.6 Å². The van der Waals surface area contributed by atoms with Crippen molar-refractivity contribution in [2.24, 2.45) is 0 Å². The van der Waals surface area contributed by atoms with E-state index in [-0.39, 0.29) is 11.8 Å². The number of amides is 1. The number of aryl methyl sites for hydroxylation is 1. The molecule has 0 unspecified atom stereocenters. The lowest BCUT2D eigenvalue weighted by Crippen LogP contribution is -2.38. The molecule has 0 N–H and O–H groups in total. The number of carbonyl (C=O) groups is 1. The van der Waals surface area contributed by atoms with Gasteiger partial charge < -0.3 is 9.42 Å². The molecule has 26 heavy (non-hydrogen) atoms. The standard InChI is InChI=1S/C20H21N3O2S/c24-18(9-8-17-7-4-14-26-17)23-12-10-16(11-13-23)20-21-19(22-25-20)15-5-2-1-3-6-15/h1-7,14,16H,8-13H2. The van der Waals surface area contributed by atoms with Crippen molar-refractivity contribution in [2.45, 2.75) is 31.6 Å². The summed E-state index contributed by atoms with van der Waals surface area (Å²) in [6, 6.07) is 14.0. The van der Waals surface area contributed by atoms with E-state index in [0.29, 0.717) is 18.1 Å². The van der Waals surface area contributed by atoms with Crippen molar-refractivity contribution in [1.82, 2.24) is 15.0 Å². The molecule has 0 radical (unpaired) electrons. The zero-order chi connectivity index (χ0) is 17.8. The van der Waals surface area contributed by atoms with Gasteiger partial charge >= 0.3 is 0 Å². The van der Waals surface area contributed by atoms with E-state index in [4.69, 9.17) is 4.52 Å². The lowest BCUT2D eigenvalue weighted by Gasteiger charge is -2.30. The van der Waals surface area contributed by atoms with Crippen LogP contribution in [-0.2, 0) is 11.2 Å². The fourth-order valence-corrected chi connectivity index (χ4v) is 4.03. The zero-order valence-electron chi connectivity index (χ0n) is 14.5. The second-order valence-electron chi connectivity index (χ2n) is 6.56. The molecule has 0 spiro atoms. The van der Waals surface area contributed by atoms with Gasteiger partial charge in [0, 0.05) is 35.9 Å². The Bertz CT molecular complexity index is 837. The molecule has 1 saturated heterocycles. The molecule has 5 nitrogen and oxygen atoms in total. The van der Waals surface area contributed by atoms with E-state index in [1.807, 2.05) is 41.3 Å². The smallest absolute Gasteiger partial charge is 0.230 e. The van der Waals surface area contributed by atoms with Crippen LogP contribution in [0.4, 0.5) is 0 Å². The van der Waals surface area contributed by atoms with Gasteiger partial charge in [0.15, 0.2) is 0 Å². The Morgan fingerprint density at radius 2 is 1.96 bits per heavy atom. The molecule has 134 valence electrons. The number of benzene rings is 1. The van der Waals surface area contributed by atoms with E-state index in [9.17, 15) is 4.79 Å². The normalized spacial score (nSPS) is 15.3. The number of piperidine rings is 1. The molecule has 1 aliphatic heterocycles. The Kier molecular flexibility index (Phi) is 5.11. The molecule has 6 heteroatoms. The largest absolute Gasteiger partial charge is 0.343 e. The van der Waals surface area contributed by atoms with Crippen molar-refractivity contribution in [3.63, 3.8) is 0 Å². The Balaban J connectivity index is 1.31. The summed E-state index contributed by atoms with van der Waals surface area (Å²) < 4.78 is 5.49. The first-order chi connectivity index (χ1) is 12.8. The quantitative estimate of drug-likeness (QED) is 0.680. The Labute approximate surface area is 156 Å². The minimum Gasteiger partial charge on any atom is -0.343 e. The average Bonchev–Trinajstić information content (AvgIpc) is 3.39. The molecule has 1 amide bonds. The van der Waals surface area contributed by atoms with Crippen LogP contribution in [0.5, 0.6) is 0 Å². The summed E-state index contributed by atoms with van der Waals surface area (Å²) in [5.74, 6) is 1.80. The first-order valence-electron chi connectivity index (χ1n) is 8.99. The molecule has 3 heterocycles. The van der Waals surface area contributed by atoms with Gasteiger partial charge in [-0.05, 0) is 30.7 Å². The van der Waals surface area contributed by atoms with Gasteiger partial charge in [-0.1, -0.05) is 41.6 Å². The van der Waals surface area contributed by atoms with Crippen molar-refractivity contribution in [1.29, 1.82) is 0 Å². The summed E-state index contributed by atoms with van der Waals surface area (Å²) in [7, 11) is 0. The van der Waals surface area contributed by atoms with E-state index in [2.05, 4.69) is 21.6 Å². The highest BCUT2D eigenvalue weighted by molar-refractivity contribution is 7.09. The van der Waals surface area contributed by atoms with Crippen LogP contribution in [-0.4, -0.2) is 34.0 Å². The van der Waals surface area contributed by atoms with Crippen LogP contribution < -0.4 is 0 Å². The number of thiophene rings is 1. The summed E-state index contributed by atoms with van der Waals surface area (Å²) in [5, 5.41) is 6.16. The van der Waals surface area contributed by atoms with Crippen LogP contribution in [0.15, 0.2) is 52.4 Å². The van der Waals surface area contributed by atoms with Crippen LogP contribution >= 0.6 is 11.3 Å². The molecule has 0 bridgehead atoms. The van der Waals surface area contributed by atoms with Crippen LogP contribution in [0.3, 0.4) is 0 Å². The molecule has 0 aliphatic carbocycles. The average molecular weight is 367 g/mol. The summed E-state index contributed by atoms with van der Waals surface area (Å²) in [6.45, 7) is 1.52. The van der Waals surface area contributed by atoms with E-state index in [1.165, 1.54) is 4.88 Å². The summed E-state index contributed by atoms with van der Waals surface area (Å²) >= 11 is 1.71. The number of carbonyl (C=O) groups excluding carboxylic acids is 1. The third-order valence-corrected chi connectivity index (χ3v) is 5.77. The molecular weight excluding hydrogens is 346 g/mol. The molecule has 1 aromatic carbocycles. The highest BCUT2D eigenvalue weighted by Gasteiger charge is 2.27. The van der Waals surface area contributed by atoms with E-state index >= 15 is 0 Å². The molecule has 1 fully saturated rings. The van der Waals surface area contributed by atoms with Gasteiger partial charge in [-0.2, -0.15) is 4.98 Å². The Morgan fingerprint density at radius 3 is 2.69 bits per heavy atom. The molecular formula is C20H21N3O2S. The van der Waals surface area contributed by atoms with Gasteiger partial charge in [0.05, 0.1) is 0 Å². The maximum atomic E-state index is 12.4. The molecule has 2 aromatic heterocycles. The van der Waals surface area contributed by atoms with Gasteiger partial charge in [-0.25, -0.2) is 0 Å². The van der Waals surface area contributed by atoms with Crippen LogP contribution in [0.1, 0.15) is 35.9 Å².